The molecule has 0 bridgehead atoms. The Morgan fingerprint density at radius 2 is 1.92 bits per heavy atom. The first-order valence-electron chi connectivity index (χ1n) is 12.0. The van der Waals surface area contributed by atoms with Gasteiger partial charge >= 0.3 is 18.2 Å². The molecule has 1 saturated heterocycles. The Bertz CT molecular complexity index is 1160. The second-order valence-corrected chi connectivity index (χ2v) is 10.4. The van der Waals surface area contributed by atoms with Crippen molar-refractivity contribution in [2.45, 2.75) is 64.4 Å². The van der Waals surface area contributed by atoms with Crippen LogP contribution in [-0.4, -0.2) is 52.5 Å². The number of hydrogen-bond acceptors (Lipinski definition) is 6. The number of aryl methyl sites for hydroxylation is 1. The maximum Gasteiger partial charge on any atom is 0.410 e. The summed E-state index contributed by atoms with van der Waals surface area (Å²) in [5, 5.41) is 12.5. The van der Waals surface area contributed by atoms with Crippen LogP contribution < -0.4 is 10.1 Å². The predicted octanol–water partition coefficient (Wildman–Crippen LogP) is 4.82. The van der Waals surface area contributed by atoms with Gasteiger partial charge in [0.1, 0.15) is 23.6 Å². The van der Waals surface area contributed by atoms with Gasteiger partial charge in [0.25, 0.3) is 0 Å². The van der Waals surface area contributed by atoms with E-state index < -0.39 is 35.4 Å². The number of aromatic carboxylic acids is 1. The highest BCUT2D eigenvalue weighted by Gasteiger charge is 2.49. The molecule has 1 spiro atoms. The maximum atomic E-state index is 12.8. The first-order valence-corrected chi connectivity index (χ1v) is 12.0. The van der Waals surface area contributed by atoms with Crippen LogP contribution in [0, 0.1) is 6.92 Å². The van der Waals surface area contributed by atoms with Gasteiger partial charge < -0.3 is 29.5 Å². The van der Waals surface area contributed by atoms with E-state index in [1.165, 1.54) is 6.07 Å². The highest BCUT2D eigenvalue weighted by Crippen LogP contribution is 2.46. The zero-order valence-electron chi connectivity index (χ0n) is 21.0. The fraction of sp³-hybridized carbons (Fsp3) is 0.444. The minimum absolute atomic E-state index is 0.0932. The highest BCUT2D eigenvalue weighted by molar-refractivity contribution is 5.89. The summed E-state index contributed by atoms with van der Waals surface area (Å²) in [5.41, 5.74) is 0.920. The summed E-state index contributed by atoms with van der Waals surface area (Å²) in [7, 11) is 0. The van der Waals surface area contributed by atoms with Crippen LogP contribution in [0.2, 0.25) is 0 Å². The molecular formula is C27H32N2O7. The average Bonchev–Trinajstić information content (AvgIpc) is 3.19. The van der Waals surface area contributed by atoms with Crippen molar-refractivity contribution in [3.8, 4) is 5.75 Å². The number of hydrogen-bond donors (Lipinski definition) is 2. The summed E-state index contributed by atoms with van der Waals surface area (Å²) in [6.07, 6.45) is -0.113. The van der Waals surface area contributed by atoms with Crippen molar-refractivity contribution in [1.29, 1.82) is 0 Å². The standard InChI is InChI=1S/C27H32N2O7/c1-17-12-19(23(30)31)13-21-22(17)20(28-24(32)34-15-18-8-6-5-7-9-18)14-27(35-21)10-11-29(16-27)25(33)36-26(2,3)4/h5-9,12-13,20H,10-11,14-16H2,1-4H3,(H,28,32)(H,30,31). The normalized spacial score (nSPS) is 20.9. The number of benzene rings is 2. The Labute approximate surface area is 210 Å². The second-order valence-electron chi connectivity index (χ2n) is 10.4. The number of carboxylic acid groups (broad SMARTS) is 1. The topological polar surface area (TPSA) is 114 Å². The molecular weight excluding hydrogens is 464 g/mol. The fourth-order valence-electron chi connectivity index (χ4n) is 4.78. The van der Waals surface area contributed by atoms with E-state index in [0.29, 0.717) is 36.3 Å². The summed E-state index contributed by atoms with van der Waals surface area (Å²) in [5.74, 6) is -0.684. The number of nitrogens with zero attached hydrogens (tertiary/aromatic N) is 1. The zero-order valence-corrected chi connectivity index (χ0v) is 21.0. The molecule has 4 rings (SSSR count). The van der Waals surface area contributed by atoms with Crippen molar-refractivity contribution in [2.75, 3.05) is 13.1 Å². The lowest BCUT2D eigenvalue weighted by molar-refractivity contribution is 0.0122. The maximum absolute atomic E-state index is 12.8. The SMILES string of the molecule is Cc1cc(C(=O)O)cc2c1C(NC(=O)OCc1ccccc1)CC1(CCN(C(=O)OC(C)(C)C)C1)O2. The molecule has 192 valence electrons. The van der Waals surface area contributed by atoms with E-state index in [4.69, 9.17) is 14.2 Å². The van der Waals surface area contributed by atoms with Crippen molar-refractivity contribution in [2.24, 2.45) is 0 Å². The van der Waals surface area contributed by atoms with E-state index in [1.807, 2.05) is 30.3 Å². The molecule has 0 aliphatic carbocycles. The van der Waals surface area contributed by atoms with Crippen molar-refractivity contribution in [3.63, 3.8) is 0 Å². The molecule has 2 aliphatic heterocycles. The van der Waals surface area contributed by atoms with Gasteiger partial charge in [0.2, 0.25) is 0 Å². The Kier molecular flexibility index (Phi) is 6.84. The van der Waals surface area contributed by atoms with Crippen molar-refractivity contribution in [3.05, 3.63) is 64.7 Å². The number of fused-ring (bicyclic) bond motifs is 1. The number of nitrogens with one attached hydrogen (secondary N) is 1. The van der Waals surface area contributed by atoms with Crippen LogP contribution >= 0.6 is 0 Å². The van der Waals surface area contributed by atoms with Gasteiger partial charge in [-0.05, 0) is 51.0 Å². The molecule has 0 radical (unpaired) electrons. The van der Waals surface area contributed by atoms with E-state index in [1.54, 1.807) is 38.7 Å². The minimum atomic E-state index is -1.07. The van der Waals surface area contributed by atoms with Crippen LogP contribution in [-0.2, 0) is 16.1 Å². The minimum Gasteiger partial charge on any atom is -0.485 e. The van der Waals surface area contributed by atoms with Gasteiger partial charge in [-0.1, -0.05) is 30.3 Å². The monoisotopic (exact) mass is 496 g/mol. The van der Waals surface area contributed by atoms with Gasteiger partial charge in [-0.15, -0.1) is 0 Å². The summed E-state index contributed by atoms with van der Waals surface area (Å²) in [6, 6.07) is 11.9. The molecule has 2 unspecified atom stereocenters. The molecule has 2 N–H and O–H groups in total. The molecule has 0 saturated carbocycles. The lowest BCUT2D eigenvalue weighted by Crippen LogP contribution is -2.48. The number of alkyl carbamates (subject to hydrolysis) is 1. The average molecular weight is 497 g/mol. The van der Waals surface area contributed by atoms with Crippen molar-refractivity contribution in [1.82, 2.24) is 10.2 Å². The summed E-state index contributed by atoms with van der Waals surface area (Å²) in [4.78, 5) is 38.7. The molecule has 2 heterocycles. The quantitative estimate of drug-likeness (QED) is 0.623. The Morgan fingerprint density at radius 3 is 2.58 bits per heavy atom. The highest BCUT2D eigenvalue weighted by atomic mass is 16.6. The number of carboxylic acids is 1. The Balaban J connectivity index is 1.57. The van der Waals surface area contributed by atoms with Gasteiger partial charge in [-0.2, -0.15) is 0 Å². The third-order valence-electron chi connectivity index (χ3n) is 6.32. The van der Waals surface area contributed by atoms with Gasteiger partial charge in [0.15, 0.2) is 0 Å². The summed E-state index contributed by atoms with van der Waals surface area (Å²) >= 11 is 0. The predicted molar refractivity (Wildman–Crippen MR) is 131 cm³/mol. The van der Waals surface area contributed by atoms with Crippen LogP contribution in [0.25, 0.3) is 0 Å². The molecule has 2 amide bonds. The largest absolute Gasteiger partial charge is 0.485 e. The summed E-state index contributed by atoms with van der Waals surface area (Å²) < 4.78 is 17.4. The molecule has 1 fully saturated rings. The van der Waals surface area contributed by atoms with Gasteiger partial charge in [-0.25, -0.2) is 14.4 Å². The van der Waals surface area contributed by atoms with E-state index in [9.17, 15) is 19.5 Å². The molecule has 2 atom stereocenters. The first kappa shape index (κ1) is 25.3. The molecule has 9 heteroatoms. The number of amides is 2. The number of carbonyl (C=O) groups excluding carboxylic acids is 2. The lowest BCUT2D eigenvalue weighted by Gasteiger charge is -2.40. The molecule has 2 aliphatic rings. The third-order valence-corrected chi connectivity index (χ3v) is 6.32. The van der Waals surface area contributed by atoms with Gasteiger partial charge in [0, 0.05) is 24.9 Å². The second kappa shape index (κ2) is 9.72. The summed E-state index contributed by atoms with van der Waals surface area (Å²) in [6.45, 7) is 8.02. The Hall–Kier alpha value is -3.75. The smallest absolute Gasteiger partial charge is 0.410 e. The van der Waals surface area contributed by atoms with Crippen LogP contribution in [0.3, 0.4) is 0 Å². The molecule has 9 nitrogen and oxygen atoms in total. The lowest BCUT2D eigenvalue weighted by atomic mass is 9.84. The molecule has 2 aromatic carbocycles. The van der Waals surface area contributed by atoms with Gasteiger partial charge in [0.05, 0.1) is 18.2 Å². The molecule has 36 heavy (non-hydrogen) atoms. The Morgan fingerprint density at radius 1 is 1.19 bits per heavy atom. The van der Waals surface area contributed by atoms with Gasteiger partial charge in [-0.3, -0.25) is 0 Å². The molecule has 0 aromatic heterocycles. The zero-order chi connectivity index (χ0) is 26.1. The number of rotatable bonds is 4. The van der Waals surface area contributed by atoms with E-state index in [-0.39, 0.29) is 18.7 Å². The van der Waals surface area contributed by atoms with Crippen molar-refractivity contribution >= 4 is 18.2 Å². The number of carbonyl (C=O) groups is 3. The van der Waals surface area contributed by atoms with E-state index in [0.717, 1.165) is 5.56 Å². The number of ether oxygens (including phenoxy) is 3. The van der Waals surface area contributed by atoms with Crippen molar-refractivity contribution < 1.29 is 33.7 Å². The third kappa shape index (κ3) is 5.72. The fourth-order valence-corrected chi connectivity index (χ4v) is 4.78. The van der Waals surface area contributed by atoms with Crippen LogP contribution in [0.15, 0.2) is 42.5 Å². The van der Waals surface area contributed by atoms with Crippen LogP contribution in [0.1, 0.15) is 66.7 Å². The van der Waals surface area contributed by atoms with E-state index >= 15 is 0 Å². The van der Waals surface area contributed by atoms with Crippen LogP contribution in [0.5, 0.6) is 5.75 Å². The first-order chi connectivity index (χ1) is 16.9. The molecule has 2 aromatic rings. The van der Waals surface area contributed by atoms with Crippen LogP contribution in [0.4, 0.5) is 9.59 Å². The van der Waals surface area contributed by atoms with E-state index in [2.05, 4.69) is 5.32 Å². The number of likely N-dealkylation sites (tertiary alicyclic amines) is 1.